The summed E-state index contributed by atoms with van der Waals surface area (Å²) in [6.07, 6.45) is 0.891. The van der Waals surface area contributed by atoms with Gasteiger partial charge in [0.05, 0.1) is 17.9 Å². The third kappa shape index (κ3) is 4.31. The SMILES string of the molecule is CC(C)CC(CO[SiH](C)C)[C@@H]1C(=O)N[C@@H]1C(C)C(=O)O. The molecule has 1 saturated heterocycles. The Morgan fingerprint density at radius 3 is 2.40 bits per heavy atom. The van der Waals surface area contributed by atoms with Crippen LogP contribution in [0.2, 0.25) is 13.1 Å². The molecule has 0 radical (unpaired) electrons. The van der Waals surface area contributed by atoms with Crippen LogP contribution in [-0.4, -0.2) is 38.7 Å². The minimum absolute atomic E-state index is 0.0252. The molecular weight excluding hydrogens is 274 g/mol. The molecule has 0 spiro atoms. The van der Waals surface area contributed by atoms with Gasteiger partial charge in [-0.05, 0) is 38.3 Å². The first-order chi connectivity index (χ1) is 9.23. The van der Waals surface area contributed by atoms with Crippen molar-refractivity contribution in [2.24, 2.45) is 23.7 Å². The van der Waals surface area contributed by atoms with Crippen molar-refractivity contribution < 1.29 is 19.1 Å². The van der Waals surface area contributed by atoms with Crippen molar-refractivity contribution in [1.82, 2.24) is 5.32 Å². The Kier molecular flexibility index (Phi) is 6.20. The zero-order valence-electron chi connectivity index (χ0n) is 13.1. The van der Waals surface area contributed by atoms with Crippen LogP contribution in [0, 0.1) is 23.7 Å². The smallest absolute Gasteiger partial charge is 0.308 e. The van der Waals surface area contributed by atoms with Gasteiger partial charge in [-0.15, -0.1) is 0 Å². The number of hydrogen-bond acceptors (Lipinski definition) is 3. The second kappa shape index (κ2) is 7.22. The predicted octanol–water partition coefficient (Wildman–Crippen LogP) is 1.48. The van der Waals surface area contributed by atoms with E-state index >= 15 is 0 Å². The molecule has 1 heterocycles. The van der Waals surface area contributed by atoms with Gasteiger partial charge in [0.1, 0.15) is 0 Å². The van der Waals surface area contributed by atoms with E-state index in [-0.39, 0.29) is 23.8 Å². The van der Waals surface area contributed by atoms with E-state index in [1.165, 1.54) is 0 Å². The fourth-order valence-electron chi connectivity index (χ4n) is 2.75. The minimum Gasteiger partial charge on any atom is -0.481 e. The number of nitrogens with one attached hydrogen (secondary N) is 1. The average molecular weight is 301 g/mol. The molecule has 1 rings (SSSR count). The van der Waals surface area contributed by atoms with E-state index in [4.69, 9.17) is 9.53 Å². The number of rotatable bonds is 8. The van der Waals surface area contributed by atoms with Crippen LogP contribution >= 0.6 is 0 Å². The quantitative estimate of drug-likeness (QED) is 0.526. The lowest BCUT2D eigenvalue weighted by Crippen LogP contribution is -2.65. The van der Waals surface area contributed by atoms with E-state index in [0.29, 0.717) is 12.5 Å². The highest BCUT2D eigenvalue weighted by Crippen LogP contribution is 2.33. The summed E-state index contributed by atoms with van der Waals surface area (Å²) in [6, 6.07) is -0.263. The summed E-state index contributed by atoms with van der Waals surface area (Å²) < 4.78 is 5.81. The summed E-state index contributed by atoms with van der Waals surface area (Å²) in [5.74, 6) is -1.08. The molecule has 2 N–H and O–H groups in total. The fraction of sp³-hybridized carbons (Fsp3) is 0.857. The molecule has 116 valence electrons. The summed E-state index contributed by atoms with van der Waals surface area (Å²) in [6.45, 7) is 10.7. The molecule has 0 bridgehead atoms. The van der Waals surface area contributed by atoms with E-state index in [1.54, 1.807) is 6.92 Å². The number of carboxylic acids is 1. The Labute approximate surface area is 122 Å². The summed E-state index contributed by atoms with van der Waals surface area (Å²) in [7, 11) is -1.13. The maximum Gasteiger partial charge on any atom is 0.308 e. The number of carbonyl (C=O) groups excluding carboxylic acids is 1. The number of hydrogen-bond donors (Lipinski definition) is 2. The molecule has 4 atom stereocenters. The van der Waals surface area contributed by atoms with Gasteiger partial charge in [0, 0.05) is 6.61 Å². The second-order valence-corrected chi connectivity index (χ2v) is 8.89. The van der Waals surface area contributed by atoms with Crippen LogP contribution in [0.25, 0.3) is 0 Å². The number of carboxylic acid groups (broad SMARTS) is 1. The van der Waals surface area contributed by atoms with Gasteiger partial charge in [-0.25, -0.2) is 0 Å². The van der Waals surface area contributed by atoms with Crippen LogP contribution in [0.4, 0.5) is 0 Å². The molecule has 0 aliphatic carbocycles. The molecular formula is C14H27NO4Si. The molecule has 1 fully saturated rings. The summed E-state index contributed by atoms with van der Waals surface area (Å²) in [4.78, 5) is 23.0. The van der Waals surface area contributed by atoms with E-state index in [0.717, 1.165) is 6.42 Å². The zero-order valence-corrected chi connectivity index (χ0v) is 14.2. The molecule has 1 aliphatic heterocycles. The predicted molar refractivity (Wildman–Crippen MR) is 80.0 cm³/mol. The minimum atomic E-state index is -1.13. The maximum absolute atomic E-state index is 11.9. The molecule has 6 heteroatoms. The first kappa shape index (κ1) is 17.2. The van der Waals surface area contributed by atoms with Crippen LogP contribution in [0.3, 0.4) is 0 Å². The molecule has 0 aromatic rings. The second-order valence-electron chi connectivity index (χ2n) is 6.46. The highest BCUT2D eigenvalue weighted by Gasteiger charge is 2.48. The molecule has 20 heavy (non-hydrogen) atoms. The molecule has 2 unspecified atom stereocenters. The lowest BCUT2D eigenvalue weighted by molar-refractivity contribution is -0.150. The van der Waals surface area contributed by atoms with Crippen molar-refractivity contribution in [3.8, 4) is 0 Å². The number of amides is 1. The molecule has 1 aliphatic rings. The van der Waals surface area contributed by atoms with Gasteiger partial charge in [0.25, 0.3) is 0 Å². The molecule has 0 aromatic heterocycles. The molecule has 0 aromatic carbocycles. The van der Waals surface area contributed by atoms with Gasteiger partial charge in [-0.1, -0.05) is 13.8 Å². The van der Waals surface area contributed by atoms with Gasteiger partial charge < -0.3 is 14.8 Å². The topological polar surface area (TPSA) is 75.6 Å². The van der Waals surface area contributed by atoms with Crippen molar-refractivity contribution in [3.63, 3.8) is 0 Å². The van der Waals surface area contributed by atoms with Crippen molar-refractivity contribution in [2.75, 3.05) is 6.61 Å². The summed E-state index contributed by atoms with van der Waals surface area (Å²) in [5.41, 5.74) is 0. The Balaban J connectivity index is 2.76. The Morgan fingerprint density at radius 1 is 1.40 bits per heavy atom. The summed E-state index contributed by atoms with van der Waals surface area (Å²) >= 11 is 0. The van der Waals surface area contributed by atoms with Crippen LogP contribution in [0.15, 0.2) is 0 Å². The van der Waals surface area contributed by atoms with Crippen molar-refractivity contribution in [3.05, 3.63) is 0 Å². The normalized spacial score (nSPS) is 25.2. The van der Waals surface area contributed by atoms with E-state index in [9.17, 15) is 9.59 Å². The lowest BCUT2D eigenvalue weighted by Gasteiger charge is -2.44. The van der Waals surface area contributed by atoms with Gasteiger partial charge in [-0.2, -0.15) is 0 Å². The molecule has 1 amide bonds. The maximum atomic E-state index is 11.9. The van der Waals surface area contributed by atoms with Crippen LogP contribution in [-0.2, 0) is 14.0 Å². The average Bonchev–Trinajstić information content (AvgIpc) is 2.31. The van der Waals surface area contributed by atoms with E-state index in [1.807, 2.05) is 0 Å². The first-order valence-electron chi connectivity index (χ1n) is 7.38. The lowest BCUT2D eigenvalue weighted by atomic mass is 9.72. The van der Waals surface area contributed by atoms with Gasteiger partial charge >= 0.3 is 5.97 Å². The Bertz CT molecular complexity index is 359. The van der Waals surface area contributed by atoms with Crippen molar-refractivity contribution >= 4 is 20.9 Å². The van der Waals surface area contributed by atoms with Crippen LogP contribution in [0.1, 0.15) is 27.2 Å². The third-order valence-electron chi connectivity index (χ3n) is 3.85. The number of β-lactam (4-membered cyclic amide) rings is 1. The van der Waals surface area contributed by atoms with Gasteiger partial charge in [0.15, 0.2) is 9.04 Å². The fourth-order valence-corrected chi connectivity index (χ4v) is 3.39. The number of aliphatic carboxylic acids is 1. The third-order valence-corrected chi connectivity index (χ3v) is 4.71. The Morgan fingerprint density at radius 2 is 2.00 bits per heavy atom. The van der Waals surface area contributed by atoms with Crippen LogP contribution < -0.4 is 5.32 Å². The van der Waals surface area contributed by atoms with Crippen LogP contribution in [0.5, 0.6) is 0 Å². The standard InChI is InChI=1S/C14H27NO4Si/c1-8(2)6-10(7-19-20(4)5)11-12(15-13(11)16)9(3)14(17)18/h8-12,20H,6-7H2,1-5H3,(H,15,16)(H,17,18)/t9?,10?,11-,12+/m0/s1. The monoisotopic (exact) mass is 301 g/mol. The van der Waals surface area contributed by atoms with Crippen molar-refractivity contribution in [1.29, 1.82) is 0 Å². The Hall–Kier alpha value is -0.883. The highest BCUT2D eigenvalue weighted by molar-refractivity contribution is 6.48. The molecule has 5 nitrogen and oxygen atoms in total. The van der Waals surface area contributed by atoms with E-state index in [2.05, 4.69) is 32.3 Å². The van der Waals surface area contributed by atoms with Gasteiger partial charge in [0.2, 0.25) is 5.91 Å². The highest BCUT2D eigenvalue weighted by atomic mass is 28.3. The molecule has 0 saturated carbocycles. The largest absolute Gasteiger partial charge is 0.481 e. The number of carbonyl (C=O) groups is 2. The first-order valence-corrected chi connectivity index (χ1v) is 10.2. The summed E-state index contributed by atoms with van der Waals surface area (Å²) in [5, 5.41) is 11.9. The van der Waals surface area contributed by atoms with Gasteiger partial charge in [-0.3, -0.25) is 9.59 Å². The van der Waals surface area contributed by atoms with Crippen molar-refractivity contribution in [2.45, 2.75) is 46.3 Å². The van der Waals surface area contributed by atoms with E-state index < -0.39 is 20.9 Å². The zero-order chi connectivity index (χ0) is 15.4.